The minimum Gasteiger partial charge on any atom is -0.189 e. The van der Waals surface area contributed by atoms with Crippen LogP contribution >= 0.6 is 20.1 Å². The summed E-state index contributed by atoms with van der Waals surface area (Å²) in [5, 5.41) is 0. The summed E-state index contributed by atoms with van der Waals surface area (Å²) in [6.45, 7) is 0. The van der Waals surface area contributed by atoms with Crippen molar-refractivity contribution in [3.8, 4) is 0 Å². The first kappa shape index (κ1) is 13.4. The van der Waals surface area contributed by atoms with Gasteiger partial charge in [-0.15, -0.1) is 0 Å². The summed E-state index contributed by atoms with van der Waals surface area (Å²) in [5.74, 6) is 0. The molecule has 0 atom stereocenters. The van der Waals surface area contributed by atoms with Crippen molar-refractivity contribution in [1.29, 1.82) is 0 Å². The van der Waals surface area contributed by atoms with Crippen LogP contribution in [0.2, 0.25) is 0 Å². The molecule has 0 amide bonds. The average Bonchev–Trinajstić information content (AvgIpc) is 1.79. The van der Waals surface area contributed by atoms with E-state index in [2.05, 4.69) is 3.63 Å². The van der Waals surface area contributed by atoms with Crippen LogP contribution in [0, 0.1) is 0 Å². The minimum absolute atomic E-state index is 0.343. The molecule has 0 saturated carbocycles. The van der Waals surface area contributed by atoms with E-state index in [1.54, 1.807) is 18.8 Å². The van der Waals surface area contributed by atoms with Gasteiger partial charge in [0.15, 0.2) is 0 Å². The molecule has 13 heavy (non-hydrogen) atoms. The van der Waals surface area contributed by atoms with Gasteiger partial charge in [-0.25, -0.2) is 0 Å². The fraction of sp³-hybridized carbons (Fsp3) is 1.00. The molecule has 3 nitrogen and oxygen atoms in total. The van der Waals surface area contributed by atoms with Crippen LogP contribution in [0.3, 0.4) is 0 Å². The maximum absolute atomic E-state index is 11.7. The topological polar surface area (TPSA) is 43.4 Å². The third-order valence-electron chi connectivity index (χ3n) is 0.605. The van der Waals surface area contributed by atoms with E-state index in [0.717, 1.165) is 0 Å². The van der Waals surface area contributed by atoms with Gasteiger partial charge in [-0.3, -0.25) is 0 Å². The van der Waals surface area contributed by atoms with Gasteiger partial charge < -0.3 is 0 Å². The zero-order chi connectivity index (χ0) is 10.9. The van der Waals surface area contributed by atoms with Crippen LogP contribution in [-0.2, 0) is 13.7 Å². The highest BCUT2D eigenvalue weighted by Gasteiger charge is 2.48. The summed E-state index contributed by atoms with van der Waals surface area (Å²) in [6, 6.07) is 0. The lowest BCUT2D eigenvalue weighted by Gasteiger charge is -2.21. The first-order chi connectivity index (χ1) is 5.46. The van der Waals surface area contributed by atoms with Crippen molar-refractivity contribution in [1.82, 2.24) is 0 Å². The largest absolute Gasteiger partial charge is 0.524 e. The monoisotopic (exact) mass is 258 g/mol. The molecule has 0 aromatic heterocycles. The second-order valence-electron chi connectivity index (χ2n) is 2.76. The Hall–Kier alpha value is 0.400. The van der Waals surface area contributed by atoms with E-state index in [0.29, 0.717) is 11.1 Å². The molecule has 82 valence electrons. The number of halogens is 3. The van der Waals surface area contributed by atoms with Crippen molar-refractivity contribution >= 4 is 30.3 Å². The smallest absolute Gasteiger partial charge is 0.189 e. The number of hydrogen-bond acceptors (Lipinski definition) is 4. The lowest BCUT2D eigenvalue weighted by molar-refractivity contribution is -0.0493. The van der Waals surface area contributed by atoms with Crippen LogP contribution in [0.15, 0.2) is 0 Å². The lowest BCUT2D eigenvalue weighted by Crippen LogP contribution is -2.23. The van der Waals surface area contributed by atoms with Gasteiger partial charge in [-0.1, -0.05) is 0 Å². The molecule has 0 heterocycles. The fourth-order valence-electron chi connectivity index (χ4n) is 0.158. The second kappa shape index (κ2) is 3.87. The summed E-state index contributed by atoms with van der Waals surface area (Å²) in [6.07, 6.45) is 4.84. The van der Waals surface area contributed by atoms with Crippen LogP contribution < -0.4 is 0 Å². The molecule has 0 aromatic carbocycles. The van der Waals surface area contributed by atoms with Crippen molar-refractivity contribution in [2.45, 2.75) is 5.51 Å². The van der Waals surface area contributed by atoms with Gasteiger partial charge in [-0.05, 0) is 18.8 Å². The molecule has 0 aliphatic rings. The van der Waals surface area contributed by atoms with Crippen LogP contribution in [0.1, 0.15) is 0 Å². The Morgan fingerprint density at radius 3 is 1.77 bits per heavy atom. The van der Waals surface area contributed by atoms with E-state index in [1.807, 2.05) is 0 Å². The number of hydrogen-bond donors (Lipinski definition) is 0. The minimum atomic E-state index is -5.45. The predicted molar refractivity (Wildman–Crippen MR) is 49.0 cm³/mol. The van der Waals surface area contributed by atoms with Crippen molar-refractivity contribution in [3.05, 3.63) is 0 Å². The van der Waals surface area contributed by atoms with Crippen LogP contribution in [-0.4, -0.2) is 32.7 Å². The summed E-state index contributed by atoms with van der Waals surface area (Å²) >= 11 is 0.343. The standard InChI is InChI=1S/C4H9F3O3S3/c1-12(2,3)11-10-13(8,9)4(5,6)7/h1-3H3. The molecule has 0 fully saturated rings. The van der Waals surface area contributed by atoms with Gasteiger partial charge in [0, 0.05) is 0 Å². The van der Waals surface area contributed by atoms with Crippen molar-refractivity contribution in [3.63, 3.8) is 0 Å². The molecule has 0 aromatic rings. The molecule has 0 aliphatic heterocycles. The zero-order valence-corrected chi connectivity index (χ0v) is 9.53. The van der Waals surface area contributed by atoms with Crippen LogP contribution in [0.4, 0.5) is 13.2 Å². The van der Waals surface area contributed by atoms with Crippen molar-refractivity contribution in [2.24, 2.45) is 0 Å². The highest BCUT2D eigenvalue weighted by atomic mass is 33.2. The Labute approximate surface area is 80.1 Å². The lowest BCUT2D eigenvalue weighted by atomic mass is 11.6. The first-order valence-electron chi connectivity index (χ1n) is 2.83. The Bertz CT molecular complexity index is 263. The SMILES string of the molecule is CS(C)(C)SOS(=O)(=O)C(F)(F)F. The van der Waals surface area contributed by atoms with E-state index in [1.165, 1.54) is 0 Å². The van der Waals surface area contributed by atoms with E-state index in [4.69, 9.17) is 0 Å². The normalized spacial score (nSPS) is 15.8. The third kappa shape index (κ3) is 4.99. The van der Waals surface area contributed by atoms with Gasteiger partial charge in [0.05, 0.1) is 11.1 Å². The van der Waals surface area contributed by atoms with E-state index >= 15 is 0 Å². The van der Waals surface area contributed by atoms with Crippen LogP contribution in [0.25, 0.3) is 0 Å². The van der Waals surface area contributed by atoms with Crippen molar-refractivity contribution in [2.75, 3.05) is 18.8 Å². The molecular weight excluding hydrogens is 249 g/mol. The zero-order valence-electron chi connectivity index (χ0n) is 7.08. The molecule has 0 rings (SSSR count). The van der Waals surface area contributed by atoms with Gasteiger partial charge in [0.2, 0.25) is 0 Å². The Kier molecular flexibility index (Phi) is 3.99. The number of rotatable bonds is 3. The molecule has 0 unspecified atom stereocenters. The second-order valence-corrected chi connectivity index (χ2v) is 11.7. The fourth-order valence-corrected chi connectivity index (χ4v) is 3.58. The third-order valence-corrected chi connectivity index (χ3v) is 4.24. The molecular formula is C4H9F3O3S3. The number of alkyl halides is 3. The van der Waals surface area contributed by atoms with Gasteiger partial charge in [0.25, 0.3) is 0 Å². The summed E-state index contributed by atoms with van der Waals surface area (Å²) in [4.78, 5) is 0. The maximum atomic E-state index is 11.7. The van der Waals surface area contributed by atoms with Crippen LogP contribution in [0.5, 0.6) is 0 Å². The molecule has 0 bridgehead atoms. The summed E-state index contributed by atoms with van der Waals surface area (Å²) in [7, 11) is -6.95. The summed E-state index contributed by atoms with van der Waals surface area (Å²) in [5.41, 5.74) is -5.34. The first-order valence-corrected chi connectivity index (χ1v) is 8.35. The predicted octanol–water partition coefficient (Wildman–Crippen LogP) is 2.11. The Morgan fingerprint density at radius 1 is 1.15 bits per heavy atom. The highest BCUT2D eigenvalue weighted by molar-refractivity contribution is 8.92. The average molecular weight is 258 g/mol. The van der Waals surface area contributed by atoms with E-state index in [9.17, 15) is 21.6 Å². The van der Waals surface area contributed by atoms with E-state index < -0.39 is 24.7 Å². The van der Waals surface area contributed by atoms with E-state index in [-0.39, 0.29) is 0 Å². The molecule has 0 N–H and O–H groups in total. The highest BCUT2D eigenvalue weighted by Crippen LogP contribution is 2.51. The Balaban J connectivity index is 4.40. The quantitative estimate of drug-likeness (QED) is 0.442. The molecule has 0 spiro atoms. The van der Waals surface area contributed by atoms with Gasteiger partial charge >= 0.3 is 15.6 Å². The summed E-state index contributed by atoms with van der Waals surface area (Å²) < 4.78 is 59.5. The van der Waals surface area contributed by atoms with Crippen molar-refractivity contribution < 1.29 is 25.2 Å². The van der Waals surface area contributed by atoms with Gasteiger partial charge in [0.1, 0.15) is 0 Å². The molecule has 0 saturated heterocycles. The molecule has 0 aliphatic carbocycles. The molecule has 0 radical (unpaired) electrons. The maximum Gasteiger partial charge on any atom is 0.524 e. The Morgan fingerprint density at radius 2 is 1.54 bits per heavy atom. The molecule has 9 heteroatoms. The van der Waals surface area contributed by atoms with Gasteiger partial charge in [-0.2, -0.15) is 34.3 Å².